The molecule has 2 aromatic carbocycles. The minimum absolute atomic E-state index is 0.0131. The summed E-state index contributed by atoms with van der Waals surface area (Å²) in [6.45, 7) is 0.377. The van der Waals surface area contributed by atoms with Crippen molar-refractivity contribution in [2.24, 2.45) is 10.9 Å². The lowest BCUT2D eigenvalue weighted by Gasteiger charge is -2.32. The lowest BCUT2D eigenvalue weighted by molar-refractivity contribution is -0.143. The Morgan fingerprint density at radius 3 is 2.56 bits per heavy atom. The molecule has 1 amide bonds. The maximum atomic E-state index is 13.5. The Balaban J connectivity index is 1.27. The van der Waals surface area contributed by atoms with Crippen molar-refractivity contribution in [3.8, 4) is 11.5 Å². The van der Waals surface area contributed by atoms with Crippen molar-refractivity contribution >= 4 is 34.7 Å². The molecule has 1 saturated heterocycles. The fourth-order valence-electron chi connectivity index (χ4n) is 4.98. The van der Waals surface area contributed by atoms with Gasteiger partial charge in [-0.05, 0) is 72.6 Å². The molecule has 0 aliphatic carbocycles. The number of pyridine rings is 1. The zero-order valence-electron chi connectivity index (χ0n) is 23.6. The number of methoxy groups -OCH3 is 1. The second kappa shape index (κ2) is 13.0. The van der Waals surface area contributed by atoms with Crippen molar-refractivity contribution in [1.82, 2.24) is 9.88 Å². The third-order valence-corrected chi connectivity index (χ3v) is 8.27. The Morgan fingerprint density at radius 2 is 1.87 bits per heavy atom. The average Bonchev–Trinajstić information content (AvgIpc) is 3.39. The highest BCUT2D eigenvalue weighted by molar-refractivity contribution is 8.18. The molecule has 236 valence electrons. The van der Waals surface area contributed by atoms with E-state index in [4.69, 9.17) is 9.47 Å². The number of aromatic nitrogens is 1. The van der Waals surface area contributed by atoms with Gasteiger partial charge in [-0.25, -0.2) is 0 Å². The quantitative estimate of drug-likeness (QED) is 0.151. The molecule has 1 atom stereocenters. The molecule has 1 fully saturated rings. The summed E-state index contributed by atoms with van der Waals surface area (Å²) in [5, 5.41) is 0.485. The molecule has 2 aliphatic heterocycles. The van der Waals surface area contributed by atoms with Gasteiger partial charge in [0.2, 0.25) is 0 Å². The Morgan fingerprint density at radius 1 is 1.07 bits per heavy atom. The number of alkyl halides is 6. The molecule has 0 saturated carbocycles. The summed E-state index contributed by atoms with van der Waals surface area (Å²) in [5.41, 5.74) is -2.31. The van der Waals surface area contributed by atoms with E-state index in [0.717, 1.165) is 12.5 Å². The van der Waals surface area contributed by atoms with Crippen LogP contribution in [-0.2, 0) is 23.8 Å². The smallest absolute Gasteiger partial charge is 0.416 e. The number of thioether (sulfide) groups is 1. The summed E-state index contributed by atoms with van der Waals surface area (Å²) in [6, 6.07) is 9.27. The Kier molecular flexibility index (Phi) is 9.23. The monoisotopic (exact) mass is 649 g/mol. The molecular formula is C31H25F6N3O4S. The number of rotatable bonds is 7. The van der Waals surface area contributed by atoms with Gasteiger partial charge in [0, 0.05) is 42.5 Å². The average molecular weight is 650 g/mol. The van der Waals surface area contributed by atoms with Crippen LogP contribution in [0.3, 0.4) is 0 Å². The zero-order chi connectivity index (χ0) is 32.4. The van der Waals surface area contributed by atoms with Gasteiger partial charge in [-0.15, -0.1) is 0 Å². The van der Waals surface area contributed by atoms with Crippen LogP contribution < -0.4 is 9.47 Å². The summed E-state index contributed by atoms with van der Waals surface area (Å²) in [6.07, 6.45) is -3.80. The van der Waals surface area contributed by atoms with Gasteiger partial charge in [0.05, 0.1) is 23.1 Å². The third kappa shape index (κ3) is 7.49. The number of Topliss-reactive ketones (excluding diaryl/α,β-unsaturated/α-hetero) is 1. The SMILES string of the molecule is COc1cc(C=C2SC(N3CCCC(C(=O)c4cccnc4)C3)=NC2=O)ccc1OCc1ccc(C(F)(F)F)cc1C(F)(F)F. The maximum Gasteiger partial charge on any atom is 0.416 e. The van der Waals surface area contributed by atoms with E-state index in [1.54, 1.807) is 30.5 Å². The van der Waals surface area contributed by atoms with E-state index in [1.165, 1.54) is 37.2 Å². The van der Waals surface area contributed by atoms with Crippen molar-refractivity contribution in [2.75, 3.05) is 20.2 Å². The summed E-state index contributed by atoms with van der Waals surface area (Å²) in [5.74, 6) is -0.555. The molecule has 14 heteroatoms. The van der Waals surface area contributed by atoms with Crippen molar-refractivity contribution < 1.29 is 45.4 Å². The Hall–Kier alpha value is -4.33. The van der Waals surface area contributed by atoms with Crippen molar-refractivity contribution in [1.29, 1.82) is 0 Å². The van der Waals surface area contributed by atoms with Crippen LogP contribution in [0.5, 0.6) is 11.5 Å². The van der Waals surface area contributed by atoms with E-state index in [9.17, 15) is 35.9 Å². The maximum absolute atomic E-state index is 13.5. The number of carbonyl (C=O) groups excluding carboxylic acids is 2. The minimum Gasteiger partial charge on any atom is -0.493 e. The number of aliphatic imine (C=N–C) groups is 1. The standard InChI is InChI=1S/C31H25F6N3O4S/c1-43-25-12-18(6-9-24(25)44-17-21-7-8-22(30(32,33)34)14-23(21)31(35,36)37)13-26-28(42)39-29(45-26)40-11-3-5-20(16-40)27(41)19-4-2-10-38-15-19/h2,4,6-10,12-15,20H,3,5,11,16-17H2,1H3. The van der Waals surface area contributed by atoms with Crippen molar-refractivity contribution in [2.45, 2.75) is 31.8 Å². The number of piperidine rings is 1. The van der Waals surface area contributed by atoms with E-state index >= 15 is 0 Å². The molecule has 7 nitrogen and oxygen atoms in total. The number of carbonyl (C=O) groups is 2. The van der Waals surface area contributed by atoms with Gasteiger partial charge in [-0.2, -0.15) is 31.3 Å². The van der Waals surface area contributed by atoms with Crippen LogP contribution in [0.25, 0.3) is 6.08 Å². The highest BCUT2D eigenvalue weighted by Gasteiger charge is 2.38. The lowest BCUT2D eigenvalue weighted by Crippen LogP contribution is -2.40. The number of ether oxygens (including phenoxy) is 2. The topological polar surface area (TPSA) is 81.1 Å². The first-order valence-electron chi connectivity index (χ1n) is 13.6. The number of nitrogens with zero attached hydrogens (tertiary/aromatic N) is 3. The van der Waals surface area contributed by atoms with Crippen LogP contribution in [0.15, 0.2) is 70.8 Å². The Bertz CT molecular complexity index is 1660. The van der Waals surface area contributed by atoms with E-state index < -0.39 is 41.6 Å². The predicted molar refractivity (Wildman–Crippen MR) is 155 cm³/mol. The largest absolute Gasteiger partial charge is 0.493 e. The highest BCUT2D eigenvalue weighted by atomic mass is 32.2. The van der Waals surface area contributed by atoms with Gasteiger partial charge < -0.3 is 14.4 Å². The van der Waals surface area contributed by atoms with Gasteiger partial charge >= 0.3 is 12.4 Å². The first-order valence-corrected chi connectivity index (χ1v) is 14.4. The van der Waals surface area contributed by atoms with Gasteiger partial charge in [-0.3, -0.25) is 14.6 Å². The summed E-state index contributed by atoms with van der Waals surface area (Å²) >= 11 is 1.17. The lowest BCUT2D eigenvalue weighted by atomic mass is 9.91. The van der Waals surface area contributed by atoms with E-state index in [1.807, 2.05) is 4.90 Å². The molecule has 0 radical (unpaired) electrons. The molecule has 5 rings (SSSR count). The van der Waals surface area contributed by atoms with E-state index in [-0.39, 0.29) is 29.3 Å². The number of halogens is 6. The molecule has 0 spiro atoms. The van der Waals surface area contributed by atoms with Crippen molar-refractivity contribution in [3.63, 3.8) is 0 Å². The molecular weight excluding hydrogens is 624 g/mol. The Labute approximate surface area is 257 Å². The zero-order valence-corrected chi connectivity index (χ0v) is 24.4. The van der Waals surface area contributed by atoms with Crippen LogP contribution >= 0.6 is 11.8 Å². The van der Waals surface area contributed by atoms with E-state index in [2.05, 4.69) is 9.98 Å². The van der Waals surface area contributed by atoms with Gasteiger partial charge in [-0.1, -0.05) is 12.1 Å². The molecule has 0 bridgehead atoms. The van der Waals surface area contributed by atoms with Crippen LogP contribution in [-0.4, -0.2) is 46.9 Å². The normalized spacial score (nSPS) is 18.2. The number of amides is 1. The predicted octanol–water partition coefficient (Wildman–Crippen LogP) is 7.27. The number of amidine groups is 1. The number of ketones is 1. The molecule has 3 heterocycles. The molecule has 1 unspecified atom stereocenters. The first kappa shape index (κ1) is 32.1. The summed E-state index contributed by atoms with van der Waals surface area (Å²) < 4.78 is 90.4. The summed E-state index contributed by atoms with van der Waals surface area (Å²) in [7, 11) is 1.31. The number of hydrogen-bond acceptors (Lipinski definition) is 7. The van der Waals surface area contributed by atoms with Gasteiger partial charge in [0.1, 0.15) is 6.61 Å². The second-order valence-corrected chi connectivity index (χ2v) is 11.3. The van der Waals surface area contributed by atoms with Gasteiger partial charge in [0.25, 0.3) is 5.91 Å². The third-order valence-electron chi connectivity index (χ3n) is 7.23. The van der Waals surface area contributed by atoms with Crippen molar-refractivity contribution in [3.05, 3.63) is 93.6 Å². The summed E-state index contributed by atoms with van der Waals surface area (Å²) in [4.78, 5) is 36.1. The first-order chi connectivity index (χ1) is 21.3. The molecule has 45 heavy (non-hydrogen) atoms. The number of hydrogen-bond donors (Lipinski definition) is 0. The number of benzene rings is 2. The van der Waals surface area contributed by atoms with Gasteiger partial charge in [0.15, 0.2) is 22.4 Å². The molecule has 0 N–H and O–H groups in total. The second-order valence-electron chi connectivity index (χ2n) is 10.3. The highest BCUT2D eigenvalue weighted by Crippen LogP contribution is 2.39. The fraction of sp³-hybridized carbons (Fsp3) is 0.290. The number of likely N-dealkylation sites (tertiary alicyclic amines) is 1. The molecule has 1 aromatic heterocycles. The van der Waals surface area contributed by atoms with Crippen LogP contribution in [0.1, 0.15) is 45.5 Å². The fourth-order valence-corrected chi connectivity index (χ4v) is 5.93. The van der Waals surface area contributed by atoms with E-state index in [0.29, 0.717) is 46.8 Å². The molecule has 2 aliphatic rings. The van der Waals surface area contributed by atoms with Crippen LogP contribution in [0.4, 0.5) is 26.3 Å². The minimum atomic E-state index is -5.03. The molecule has 3 aromatic rings. The van der Waals surface area contributed by atoms with Crippen LogP contribution in [0.2, 0.25) is 0 Å². The van der Waals surface area contributed by atoms with Crippen LogP contribution in [0, 0.1) is 5.92 Å².